The molecule has 0 atom stereocenters. The van der Waals surface area contributed by atoms with Crippen LogP contribution in [0.2, 0.25) is 0 Å². The molecule has 0 spiro atoms. The molecule has 0 saturated carbocycles. The number of hydrogen-bond donors (Lipinski definition) is 0. The molecular formula is C11H13NO2. The van der Waals surface area contributed by atoms with Crippen LogP contribution in [0.15, 0.2) is 18.2 Å². The second-order valence-electron chi connectivity index (χ2n) is 2.75. The van der Waals surface area contributed by atoms with Crippen molar-refractivity contribution in [3.63, 3.8) is 0 Å². The van der Waals surface area contributed by atoms with Crippen molar-refractivity contribution in [2.45, 2.75) is 13.3 Å². The Morgan fingerprint density at radius 1 is 1.36 bits per heavy atom. The van der Waals surface area contributed by atoms with Gasteiger partial charge in [-0.05, 0) is 24.6 Å². The molecule has 0 radical (unpaired) electrons. The largest absolute Gasteiger partial charge is 0.493 e. The van der Waals surface area contributed by atoms with E-state index < -0.39 is 0 Å². The van der Waals surface area contributed by atoms with Crippen molar-refractivity contribution in [1.82, 2.24) is 0 Å². The molecule has 3 heteroatoms. The first kappa shape index (κ1) is 10.4. The third kappa shape index (κ3) is 2.40. The summed E-state index contributed by atoms with van der Waals surface area (Å²) in [5.41, 5.74) is 0.938. The van der Waals surface area contributed by atoms with Crippen molar-refractivity contribution in [3.8, 4) is 17.6 Å². The molecule has 1 rings (SSSR count). The van der Waals surface area contributed by atoms with Crippen LogP contribution in [0, 0.1) is 11.3 Å². The number of hydrogen-bond acceptors (Lipinski definition) is 3. The first-order valence-corrected chi connectivity index (χ1v) is 4.48. The van der Waals surface area contributed by atoms with E-state index in [1.54, 1.807) is 7.11 Å². The lowest BCUT2D eigenvalue weighted by molar-refractivity contribution is 0.310. The lowest BCUT2D eigenvalue weighted by atomic mass is 10.1. The zero-order chi connectivity index (χ0) is 10.4. The molecule has 3 nitrogen and oxygen atoms in total. The number of benzene rings is 1. The summed E-state index contributed by atoms with van der Waals surface area (Å²) < 4.78 is 10.5. The van der Waals surface area contributed by atoms with E-state index in [1.807, 2.05) is 25.1 Å². The van der Waals surface area contributed by atoms with Crippen LogP contribution in [0.1, 0.15) is 12.5 Å². The van der Waals surface area contributed by atoms with E-state index in [0.717, 1.165) is 11.3 Å². The van der Waals surface area contributed by atoms with E-state index in [1.165, 1.54) is 0 Å². The zero-order valence-corrected chi connectivity index (χ0v) is 8.41. The van der Waals surface area contributed by atoms with Crippen LogP contribution in [-0.2, 0) is 6.42 Å². The van der Waals surface area contributed by atoms with E-state index in [2.05, 4.69) is 6.07 Å². The fraction of sp³-hybridized carbons (Fsp3) is 0.364. The monoisotopic (exact) mass is 191 g/mol. The van der Waals surface area contributed by atoms with Crippen molar-refractivity contribution >= 4 is 0 Å². The van der Waals surface area contributed by atoms with Crippen LogP contribution in [-0.4, -0.2) is 13.7 Å². The molecule has 0 aliphatic carbocycles. The minimum Gasteiger partial charge on any atom is -0.493 e. The van der Waals surface area contributed by atoms with E-state index >= 15 is 0 Å². The molecule has 14 heavy (non-hydrogen) atoms. The van der Waals surface area contributed by atoms with Crippen LogP contribution in [0.5, 0.6) is 11.5 Å². The van der Waals surface area contributed by atoms with Gasteiger partial charge in [0.05, 0.1) is 26.2 Å². The quantitative estimate of drug-likeness (QED) is 0.732. The molecule has 0 fully saturated rings. The Morgan fingerprint density at radius 3 is 2.71 bits per heavy atom. The molecular weight excluding hydrogens is 178 g/mol. The predicted octanol–water partition coefficient (Wildman–Crippen LogP) is 2.16. The summed E-state index contributed by atoms with van der Waals surface area (Å²) >= 11 is 0. The van der Waals surface area contributed by atoms with Crippen molar-refractivity contribution in [3.05, 3.63) is 23.8 Å². The molecule has 0 aliphatic rings. The highest BCUT2D eigenvalue weighted by Crippen LogP contribution is 2.27. The normalized spacial score (nSPS) is 9.21. The molecule has 0 amide bonds. The SMILES string of the molecule is CCOc1ccc(CC#N)cc1OC. The summed E-state index contributed by atoms with van der Waals surface area (Å²) in [7, 11) is 1.59. The summed E-state index contributed by atoms with van der Waals surface area (Å²) in [5.74, 6) is 1.40. The van der Waals surface area contributed by atoms with Crippen LogP contribution < -0.4 is 9.47 Å². The molecule has 1 aromatic carbocycles. The van der Waals surface area contributed by atoms with Gasteiger partial charge >= 0.3 is 0 Å². The number of nitrogens with zero attached hydrogens (tertiary/aromatic N) is 1. The molecule has 1 aromatic rings. The van der Waals surface area contributed by atoms with Gasteiger partial charge in [-0.1, -0.05) is 6.07 Å². The van der Waals surface area contributed by atoms with Gasteiger partial charge in [-0.25, -0.2) is 0 Å². The van der Waals surface area contributed by atoms with Gasteiger partial charge < -0.3 is 9.47 Å². The number of ether oxygens (including phenoxy) is 2. The van der Waals surface area contributed by atoms with Crippen LogP contribution in [0.4, 0.5) is 0 Å². The fourth-order valence-electron chi connectivity index (χ4n) is 1.19. The molecule has 0 heterocycles. The smallest absolute Gasteiger partial charge is 0.161 e. The van der Waals surface area contributed by atoms with Gasteiger partial charge in [0.1, 0.15) is 0 Å². The lowest BCUT2D eigenvalue weighted by Crippen LogP contribution is -1.96. The Kier molecular flexibility index (Phi) is 3.81. The second kappa shape index (κ2) is 5.13. The third-order valence-electron chi connectivity index (χ3n) is 1.81. The van der Waals surface area contributed by atoms with Crippen molar-refractivity contribution < 1.29 is 9.47 Å². The Hall–Kier alpha value is -1.69. The minimum atomic E-state index is 0.392. The standard InChI is InChI=1S/C11H13NO2/c1-3-14-10-5-4-9(6-7-12)8-11(10)13-2/h4-5,8H,3,6H2,1-2H3. The zero-order valence-electron chi connectivity index (χ0n) is 8.41. The predicted molar refractivity (Wildman–Crippen MR) is 53.5 cm³/mol. The highest BCUT2D eigenvalue weighted by molar-refractivity contribution is 5.43. The van der Waals surface area contributed by atoms with E-state index in [4.69, 9.17) is 14.7 Å². The van der Waals surface area contributed by atoms with E-state index in [-0.39, 0.29) is 0 Å². The van der Waals surface area contributed by atoms with Gasteiger partial charge in [-0.15, -0.1) is 0 Å². The Labute approximate surface area is 83.9 Å². The van der Waals surface area contributed by atoms with Gasteiger partial charge in [-0.2, -0.15) is 5.26 Å². The number of rotatable bonds is 4. The first-order chi connectivity index (χ1) is 6.81. The topological polar surface area (TPSA) is 42.2 Å². The number of methoxy groups -OCH3 is 1. The molecule has 0 saturated heterocycles. The molecule has 0 unspecified atom stereocenters. The maximum atomic E-state index is 8.53. The highest BCUT2D eigenvalue weighted by Gasteiger charge is 2.04. The van der Waals surface area contributed by atoms with E-state index in [9.17, 15) is 0 Å². The molecule has 74 valence electrons. The third-order valence-corrected chi connectivity index (χ3v) is 1.81. The van der Waals surface area contributed by atoms with Crippen LogP contribution in [0.3, 0.4) is 0 Å². The van der Waals surface area contributed by atoms with Gasteiger partial charge in [0.25, 0.3) is 0 Å². The van der Waals surface area contributed by atoms with E-state index in [0.29, 0.717) is 18.8 Å². The van der Waals surface area contributed by atoms with Crippen molar-refractivity contribution in [2.75, 3.05) is 13.7 Å². The second-order valence-corrected chi connectivity index (χ2v) is 2.75. The van der Waals surface area contributed by atoms with Gasteiger partial charge in [0, 0.05) is 0 Å². The van der Waals surface area contributed by atoms with Gasteiger partial charge in [-0.3, -0.25) is 0 Å². The van der Waals surface area contributed by atoms with Crippen LogP contribution in [0.25, 0.3) is 0 Å². The Balaban J connectivity index is 2.94. The average molecular weight is 191 g/mol. The summed E-state index contributed by atoms with van der Waals surface area (Å²) in [6.45, 7) is 2.52. The van der Waals surface area contributed by atoms with Crippen molar-refractivity contribution in [2.24, 2.45) is 0 Å². The van der Waals surface area contributed by atoms with Gasteiger partial charge in [0.2, 0.25) is 0 Å². The molecule has 0 bridgehead atoms. The Morgan fingerprint density at radius 2 is 2.14 bits per heavy atom. The minimum absolute atomic E-state index is 0.392. The lowest BCUT2D eigenvalue weighted by Gasteiger charge is -2.09. The summed E-state index contributed by atoms with van der Waals surface area (Å²) in [4.78, 5) is 0. The Bertz CT molecular complexity index is 342. The summed E-state index contributed by atoms with van der Waals surface area (Å²) in [5, 5.41) is 8.53. The van der Waals surface area contributed by atoms with Crippen LogP contribution >= 0.6 is 0 Å². The van der Waals surface area contributed by atoms with Crippen molar-refractivity contribution in [1.29, 1.82) is 5.26 Å². The van der Waals surface area contributed by atoms with Gasteiger partial charge in [0.15, 0.2) is 11.5 Å². The first-order valence-electron chi connectivity index (χ1n) is 4.48. The summed E-state index contributed by atoms with van der Waals surface area (Å²) in [6, 6.07) is 7.62. The molecule has 0 N–H and O–H groups in total. The highest BCUT2D eigenvalue weighted by atomic mass is 16.5. The maximum absolute atomic E-state index is 8.53. The molecule has 0 aromatic heterocycles. The number of nitriles is 1. The summed E-state index contributed by atoms with van der Waals surface area (Å²) in [6.07, 6.45) is 0.392. The average Bonchev–Trinajstić information content (AvgIpc) is 2.21. The fourth-order valence-corrected chi connectivity index (χ4v) is 1.19. The molecule has 0 aliphatic heterocycles. The maximum Gasteiger partial charge on any atom is 0.161 e.